The minimum Gasteiger partial charge on any atom is -0.369 e. The number of hydrogen-bond donors (Lipinski definition) is 2. The Morgan fingerprint density at radius 1 is 1.24 bits per heavy atom. The van der Waals surface area contributed by atoms with Crippen molar-refractivity contribution >= 4 is 5.82 Å². The second-order valence-electron chi connectivity index (χ2n) is 7.62. The molecule has 0 saturated carbocycles. The van der Waals surface area contributed by atoms with E-state index < -0.39 is 0 Å². The Morgan fingerprint density at radius 2 is 2.07 bits per heavy atom. The smallest absolute Gasteiger partial charge is 0.280 e. The van der Waals surface area contributed by atoms with Crippen LogP contribution in [-0.4, -0.2) is 54.8 Å². The quantitative estimate of drug-likeness (QED) is 0.669. The molecule has 4 rings (SSSR count). The van der Waals surface area contributed by atoms with Crippen LogP contribution in [0.4, 0.5) is 5.82 Å². The van der Waals surface area contributed by atoms with Gasteiger partial charge in [0, 0.05) is 55.4 Å². The summed E-state index contributed by atoms with van der Waals surface area (Å²) in [4.78, 5) is 28.0. The minimum absolute atomic E-state index is 0.168. The Balaban J connectivity index is 1.46. The Kier molecular flexibility index (Phi) is 5.71. The third-order valence-corrected chi connectivity index (χ3v) is 5.68. The molecule has 3 aromatic rings. The summed E-state index contributed by atoms with van der Waals surface area (Å²) in [6.45, 7) is 6.37. The van der Waals surface area contributed by atoms with Crippen molar-refractivity contribution < 1.29 is 0 Å². The highest BCUT2D eigenvalue weighted by molar-refractivity contribution is 5.60. The van der Waals surface area contributed by atoms with Gasteiger partial charge in [-0.25, -0.2) is 14.6 Å². The van der Waals surface area contributed by atoms with Crippen LogP contribution in [0.5, 0.6) is 0 Å². The summed E-state index contributed by atoms with van der Waals surface area (Å²) in [6.07, 6.45) is 10.3. The molecule has 1 aliphatic rings. The van der Waals surface area contributed by atoms with Gasteiger partial charge in [-0.3, -0.25) is 19.8 Å². The summed E-state index contributed by atoms with van der Waals surface area (Å²) < 4.78 is 1.42. The molecule has 3 aromatic heterocycles. The Bertz CT molecular complexity index is 988. The molecule has 0 bridgehead atoms. The molecule has 1 fully saturated rings. The lowest BCUT2D eigenvalue weighted by Crippen LogP contribution is -2.45. The first-order chi connectivity index (χ1) is 14.1. The zero-order valence-corrected chi connectivity index (χ0v) is 16.9. The van der Waals surface area contributed by atoms with Gasteiger partial charge < -0.3 is 5.32 Å². The van der Waals surface area contributed by atoms with Crippen molar-refractivity contribution in [3.05, 3.63) is 53.5 Å². The van der Waals surface area contributed by atoms with Gasteiger partial charge in [-0.15, -0.1) is 0 Å². The van der Waals surface area contributed by atoms with Crippen molar-refractivity contribution in [3.8, 4) is 16.9 Å². The van der Waals surface area contributed by atoms with Crippen LogP contribution < -0.4 is 10.9 Å². The fourth-order valence-electron chi connectivity index (χ4n) is 4.06. The molecule has 8 nitrogen and oxygen atoms in total. The van der Waals surface area contributed by atoms with Crippen LogP contribution in [0.25, 0.3) is 16.9 Å². The van der Waals surface area contributed by atoms with Gasteiger partial charge in [-0.05, 0) is 32.8 Å². The lowest BCUT2D eigenvalue weighted by atomic mass is 9.98. The largest absolute Gasteiger partial charge is 0.369 e. The third-order valence-electron chi connectivity index (χ3n) is 5.68. The van der Waals surface area contributed by atoms with Crippen LogP contribution >= 0.6 is 0 Å². The van der Waals surface area contributed by atoms with Gasteiger partial charge in [0.05, 0.1) is 5.56 Å². The number of anilines is 1. The number of H-pyrrole nitrogens is 1. The zero-order valence-electron chi connectivity index (χ0n) is 16.9. The van der Waals surface area contributed by atoms with Crippen LogP contribution in [0.15, 0.2) is 47.9 Å². The van der Waals surface area contributed by atoms with Crippen molar-refractivity contribution in [1.82, 2.24) is 29.6 Å². The van der Waals surface area contributed by atoms with E-state index in [-0.39, 0.29) is 5.56 Å². The van der Waals surface area contributed by atoms with Crippen LogP contribution in [0.1, 0.15) is 33.1 Å². The minimum atomic E-state index is -0.168. The summed E-state index contributed by atoms with van der Waals surface area (Å²) in [5, 5.41) is 6.35. The topological polar surface area (TPSA) is 91.7 Å². The summed E-state index contributed by atoms with van der Waals surface area (Å²) in [7, 11) is 0. The number of rotatable bonds is 6. The molecule has 2 N–H and O–H groups in total. The van der Waals surface area contributed by atoms with Gasteiger partial charge in [0.15, 0.2) is 5.82 Å². The van der Waals surface area contributed by atoms with Crippen LogP contribution in [0, 0.1) is 0 Å². The zero-order chi connectivity index (χ0) is 20.2. The van der Waals surface area contributed by atoms with E-state index in [1.165, 1.54) is 30.3 Å². The SMILES string of the molecule is CC1CCCC(C)N1CCNc1cc(-n2[nH]cc(-c3cccnc3)c2=O)ncn1. The molecule has 0 amide bonds. The maximum absolute atomic E-state index is 12.8. The lowest BCUT2D eigenvalue weighted by Gasteiger charge is -2.39. The average Bonchev–Trinajstić information content (AvgIpc) is 3.12. The number of nitrogens with zero attached hydrogens (tertiary/aromatic N) is 5. The predicted octanol–water partition coefficient (Wildman–Crippen LogP) is 2.69. The second kappa shape index (κ2) is 8.57. The van der Waals surface area contributed by atoms with Crippen molar-refractivity contribution in [2.45, 2.75) is 45.2 Å². The standard InChI is InChI=1S/C21H27N7O/c1-15-5-3-6-16(2)27(15)10-9-23-19-11-20(25-14-24-19)28-21(29)18(13-26-28)17-7-4-8-22-12-17/h4,7-8,11-16,26H,3,5-6,9-10H2,1-2H3,(H,23,24,25). The average molecular weight is 393 g/mol. The molecule has 2 unspecified atom stereocenters. The molecule has 152 valence electrons. The molecule has 8 heteroatoms. The normalized spacial score (nSPS) is 19.9. The van der Waals surface area contributed by atoms with Crippen LogP contribution in [0.2, 0.25) is 0 Å². The molecule has 2 atom stereocenters. The molecule has 29 heavy (non-hydrogen) atoms. The lowest BCUT2D eigenvalue weighted by molar-refractivity contribution is 0.109. The number of nitrogens with one attached hydrogen (secondary N) is 2. The van der Waals surface area contributed by atoms with E-state index in [2.05, 4.69) is 44.1 Å². The van der Waals surface area contributed by atoms with E-state index in [1.54, 1.807) is 24.7 Å². The molecular weight excluding hydrogens is 366 g/mol. The number of aromatic amines is 1. The maximum atomic E-state index is 12.8. The van der Waals surface area contributed by atoms with E-state index in [1.807, 2.05) is 12.1 Å². The molecule has 0 spiro atoms. The third kappa shape index (κ3) is 4.22. The van der Waals surface area contributed by atoms with Crippen molar-refractivity contribution in [3.63, 3.8) is 0 Å². The van der Waals surface area contributed by atoms with Crippen molar-refractivity contribution in [1.29, 1.82) is 0 Å². The van der Waals surface area contributed by atoms with Gasteiger partial charge >= 0.3 is 0 Å². The number of aromatic nitrogens is 5. The summed E-state index contributed by atoms with van der Waals surface area (Å²) in [6, 6.07) is 6.68. The Morgan fingerprint density at radius 3 is 2.83 bits per heavy atom. The first kappa shape index (κ1) is 19.3. The number of pyridine rings is 1. The summed E-state index contributed by atoms with van der Waals surface area (Å²) in [5.41, 5.74) is 1.16. The highest BCUT2D eigenvalue weighted by Crippen LogP contribution is 2.22. The number of likely N-dealkylation sites (tertiary alicyclic amines) is 1. The van der Waals surface area contributed by atoms with Gasteiger partial charge in [0.25, 0.3) is 5.56 Å². The van der Waals surface area contributed by atoms with Gasteiger partial charge in [-0.2, -0.15) is 0 Å². The van der Waals surface area contributed by atoms with Gasteiger partial charge in [0.1, 0.15) is 12.1 Å². The molecule has 4 heterocycles. The Hall–Kier alpha value is -3.00. The van der Waals surface area contributed by atoms with Crippen LogP contribution in [0.3, 0.4) is 0 Å². The van der Waals surface area contributed by atoms with E-state index in [4.69, 9.17) is 0 Å². The Labute approximate surface area is 170 Å². The maximum Gasteiger partial charge on any atom is 0.280 e. The van der Waals surface area contributed by atoms with E-state index >= 15 is 0 Å². The first-order valence-corrected chi connectivity index (χ1v) is 10.2. The van der Waals surface area contributed by atoms with Gasteiger partial charge in [-0.1, -0.05) is 12.5 Å². The predicted molar refractivity (Wildman–Crippen MR) is 113 cm³/mol. The summed E-state index contributed by atoms with van der Waals surface area (Å²) >= 11 is 0. The fourth-order valence-corrected chi connectivity index (χ4v) is 4.06. The second-order valence-corrected chi connectivity index (χ2v) is 7.62. The molecular formula is C21H27N7O. The van der Waals surface area contributed by atoms with E-state index in [0.29, 0.717) is 29.3 Å². The van der Waals surface area contributed by atoms with E-state index in [0.717, 1.165) is 18.7 Å². The highest BCUT2D eigenvalue weighted by atomic mass is 16.1. The molecule has 1 saturated heterocycles. The molecule has 0 radical (unpaired) electrons. The van der Waals surface area contributed by atoms with Crippen molar-refractivity contribution in [2.24, 2.45) is 0 Å². The van der Waals surface area contributed by atoms with Crippen LogP contribution in [-0.2, 0) is 0 Å². The van der Waals surface area contributed by atoms with Crippen molar-refractivity contribution in [2.75, 3.05) is 18.4 Å². The van der Waals surface area contributed by atoms with Gasteiger partial charge in [0.2, 0.25) is 0 Å². The molecule has 0 aliphatic carbocycles. The molecule has 1 aliphatic heterocycles. The number of piperidine rings is 1. The molecule has 0 aromatic carbocycles. The highest BCUT2D eigenvalue weighted by Gasteiger charge is 2.23. The number of hydrogen-bond acceptors (Lipinski definition) is 6. The monoisotopic (exact) mass is 393 g/mol. The summed E-state index contributed by atoms with van der Waals surface area (Å²) in [5.74, 6) is 1.21. The van der Waals surface area contributed by atoms with E-state index in [9.17, 15) is 4.79 Å². The fraction of sp³-hybridized carbons (Fsp3) is 0.429. The first-order valence-electron chi connectivity index (χ1n) is 10.2.